The Bertz CT molecular complexity index is 2430. The number of hydrazine groups is 1. The SMILES string of the molecule is CO[C@@H](C)c1ncccc1-c1c2c3cc(ccc3n1CCOC1CCOCC1)-c1csc(n1)[C@@H](N1CCCC1)[C@H](NC(=O)C13CC(C1)[C@@H](C)O3)C(=O)N1CCC[C@H](N1)C(=O)OCC(C)(C)C2. The second-order valence-electron chi connectivity index (χ2n) is 20.2. The molecule has 3 aromatic heterocycles. The van der Waals surface area contributed by atoms with Gasteiger partial charge in [0.2, 0.25) is 0 Å². The number of carbonyl (C=O) groups excluding carboxylic acids is 3. The number of hydrogen-bond acceptors (Lipinski definition) is 13. The molecule has 5 saturated heterocycles. The molecule has 0 spiro atoms. The van der Waals surface area contributed by atoms with E-state index < -0.39 is 35.1 Å². The van der Waals surface area contributed by atoms with Crippen molar-refractivity contribution in [3.63, 3.8) is 0 Å². The summed E-state index contributed by atoms with van der Waals surface area (Å²) in [6, 6.07) is 8.40. The van der Waals surface area contributed by atoms with E-state index in [-0.39, 0.29) is 36.7 Å². The summed E-state index contributed by atoms with van der Waals surface area (Å²) >= 11 is 1.52. The molecule has 1 aromatic carbocycles. The molecular formula is C50H65N7O8S. The van der Waals surface area contributed by atoms with Gasteiger partial charge in [-0.15, -0.1) is 11.3 Å². The zero-order chi connectivity index (χ0) is 45.7. The van der Waals surface area contributed by atoms with Gasteiger partial charge < -0.3 is 33.6 Å². The molecule has 16 heteroatoms. The van der Waals surface area contributed by atoms with Crippen LogP contribution in [0.5, 0.6) is 0 Å². The molecule has 0 radical (unpaired) electrons. The Morgan fingerprint density at radius 2 is 1.88 bits per heavy atom. The molecule has 1 aliphatic carbocycles. The highest BCUT2D eigenvalue weighted by atomic mass is 32.1. The first-order valence-corrected chi connectivity index (χ1v) is 25.1. The van der Waals surface area contributed by atoms with Gasteiger partial charge in [0.05, 0.1) is 54.6 Å². The van der Waals surface area contributed by atoms with Gasteiger partial charge >= 0.3 is 5.97 Å². The minimum absolute atomic E-state index is 0.00950. The molecule has 9 heterocycles. The summed E-state index contributed by atoms with van der Waals surface area (Å²) in [6.07, 6.45) is 8.35. The van der Waals surface area contributed by atoms with Crippen LogP contribution in [0.15, 0.2) is 41.9 Å². The Morgan fingerprint density at radius 3 is 2.64 bits per heavy atom. The quantitative estimate of drug-likeness (QED) is 0.166. The number of nitrogens with one attached hydrogen (secondary N) is 2. The molecule has 4 aromatic rings. The molecule has 5 atom stereocenters. The van der Waals surface area contributed by atoms with Gasteiger partial charge in [-0.2, -0.15) is 0 Å². The highest BCUT2D eigenvalue weighted by molar-refractivity contribution is 7.10. The number of hydrogen-bond donors (Lipinski definition) is 2. The zero-order valence-electron chi connectivity index (χ0n) is 39.0. The smallest absolute Gasteiger partial charge is 0.324 e. The number of thiazole rings is 1. The Hall–Kier alpha value is -4.29. The number of amides is 2. The predicted molar refractivity (Wildman–Crippen MR) is 249 cm³/mol. The topological polar surface area (TPSA) is 159 Å². The van der Waals surface area contributed by atoms with E-state index in [1.165, 1.54) is 11.3 Å². The van der Waals surface area contributed by atoms with E-state index in [1.807, 2.05) is 26.1 Å². The lowest BCUT2D eigenvalue weighted by Gasteiger charge is -2.41. The van der Waals surface area contributed by atoms with Crippen LogP contribution in [0, 0.1) is 11.3 Å². The van der Waals surface area contributed by atoms with Crippen LogP contribution in [-0.2, 0) is 51.0 Å². The number of aromatic nitrogens is 3. The summed E-state index contributed by atoms with van der Waals surface area (Å²) in [7, 11) is 1.71. The van der Waals surface area contributed by atoms with Crippen molar-refractivity contribution < 1.29 is 38.1 Å². The second-order valence-corrected chi connectivity index (χ2v) is 21.1. The molecule has 15 nitrogen and oxygen atoms in total. The molecule has 7 aliphatic rings. The molecule has 2 amide bonds. The van der Waals surface area contributed by atoms with Gasteiger partial charge in [0.25, 0.3) is 11.8 Å². The first kappa shape index (κ1) is 45.5. The lowest BCUT2D eigenvalue weighted by atomic mass is 9.72. The first-order chi connectivity index (χ1) is 31.9. The van der Waals surface area contributed by atoms with Crippen molar-refractivity contribution in [3.8, 4) is 22.5 Å². The number of esters is 1. The fourth-order valence-corrected chi connectivity index (χ4v) is 12.2. The zero-order valence-corrected chi connectivity index (χ0v) is 39.8. The van der Waals surface area contributed by atoms with Crippen LogP contribution < -0.4 is 10.7 Å². The molecule has 0 unspecified atom stereocenters. The maximum Gasteiger partial charge on any atom is 0.324 e. The van der Waals surface area contributed by atoms with E-state index in [4.69, 9.17) is 33.7 Å². The van der Waals surface area contributed by atoms with Crippen molar-refractivity contribution in [2.75, 3.05) is 53.2 Å². The Morgan fingerprint density at radius 1 is 1.08 bits per heavy atom. The Balaban J connectivity index is 1.11. The van der Waals surface area contributed by atoms with Gasteiger partial charge in [-0.25, -0.2) is 10.4 Å². The van der Waals surface area contributed by atoms with Gasteiger partial charge in [0, 0.05) is 72.4 Å². The minimum atomic E-state index is -0.986. The van der Waals surface area contributed by atoms with Crippen LogP contribution in [-0.4, -0.2) is 125 Å². The van der Waals surface area contributed by atoms with Crippen LogP contribution in [0.2, 0.25) is 0 Å². The Kier molecular flexibility index (Phi) is 12.9. The van der Waals surface area contributed by atoms with Gasteiger partial charge in [0.15, 0.2) is 0 Å². The molecule has 8 bridgehead atoms. The summed E-state index contributed by atoms with van der Waals surface area (Å²) in [4.78, 5) is 56.2. The van der Waals surface area contributed by atoms with Crippen LogP contribution in [0.1, 0.15) is 107 Å². The van der Waals surface area contributed by atoms with Crippen molar-refractivity contribution in [3.05, 3.63) is 58.2 Å². The van der Waals surface area contributed by atoms with Gasteiger partial charge in [0.1, 0.15) is 22.7 Å². The number of pyridine rings is 1. The van der Waals surface area contributed by atoms with Gasteiger partial charge in [-0.05, 0) is 120 Å². The van der Waals surface area contributed by atoms with Crippen LogP contribution >= 0.6 is 11.3 Å². The number of cyclic esters (lactones) is 1. The van der Waals surface area contributed by atoms with E-state index in [9.17, 15) is 9.59 Å². The third kappa shape index (κ3) is 8.71. The molecule has 6 aliphatic heterocycles. The number of rotatable bonds is 10. The lowest BCUT2D eigenvalue weighted by Crippen LogP contribution is -2.64. The lowest BCUT2D eigenvalue weighted by molar-refractivity contribution is -0.157. The highest BCUT2D eigenvalue weighted by Crippen LogP contribution is 2.52. The van der Waals surface area contributed by atoms with E-state index in [0.29, 0.717) is 70.9 Å². The maximum absolute atomic E-state index is 15.1. The first-order valence-electron chi connectivity index (χ1n) is 24.2. The fourth-order valence-electron chi connectivity index (χ4n) is 11.2. The number of carbonyl (C=O) groups is 3. The molecule has 66 heavy (non-hydrogen) atoms. The molecule has 6 fully saturated rings. The standard InChI is InChI=1S/C50H65N7O8S/c1-30-33-25-50(26-33,65-30)48(60)53-42-44(55-17-6-7-18-55)45-52-39(28-66-45)32-12-13-40-36(24-32)37(27-49(3,4)29-64-47(59)38-11-9-19-57(54-38)46(42)58)43(35-10-8-16-51-41(35)31(2)61-5)56(40)20-23-63-34-14-21-62-22-15-34/h8,10,12-13,16,24,28,30-31,33-34,38,42,44,54H,6-7,9,11,14-15,17-23,25-27,29H2,1-5H3,(H,53,60)/t30-,31+,33?,38+,42+,44+,50?/m1/s1. The number of nitrogens with zero attached hydrogens (tertiary/aromatic N) is 5. The van der Waals surface area contributed by atoms with E-state index >= 15 is 4.79 Å². The molecule has 11 rings (SSSR count). The van der Waals surface area contributed by atoms with E-state index in [2.05, 4.69) is 63.7 Å². The number of likely N-dealkylation sites (tertiary alicyclic amines) is 1. The van der Waals surface area contributed by atoms with Gasteiger partial charge in [-0.1, -0.05) is 19.9 Å². The summed E-state index contributed by atoms with van der Waals surface area (Å²) in [5.74, 6) is -0.625. The molecule has 1 saturated carbocycles. The monoisotopic (exact) mass is 923 g/mol. The molecule has 2 N–H and O–H groups in total. The second kappa shape index (κ2) is 18.7. The van der Waals surface area contributed by atoms with E-state index in [0.717, 1.165) is 88.5 Å². The number of ether oxygens (including phenoxy) is 5. The van der Waals surface area contributed by atoms with Crippen molar-refractivity contribution in [2.24, 2.45) is 11.3 Å². The Labute approximate surface area is 391 Å². The molecule has 354 valence electrons. The third-order valence-electron chi connectivity index (χ3n) is 15.0. The van der Waals surface area contributed by atoms with Crippen molar-refractivity contribution >= 4 is 40.0 Å². The van der Waals surface area contributed by atoms with Crippen molar-refractivity contribution in [2.45, 2.75) is 134 Å². The minimum Gasteiger partial charge on any atom is -0.464 e. The summed E-state index contributed by atoms with van der Waals surface area (Å²) in [5, 5.41) is 8.70. The summed E-state index contributed by atoms with van der Waals surface area (Å²) in [6.45, 7) is 12.9. The predicted octanol–water partition coefficient (Wildman–Crippen LogP) is 6.54. The largest absolute Gasteiger partial charge is 0.464 e. The average Bonchev–Trinajstić information content (AvgIpc) is 4.18. The number of fused-ring (bicyclic) bond motifs is 7. The van der Waals surface area contributed by atoms with Crippen LogP contribution in [0.4, 0.5) is 0 Å². The van der Waals surface area contributed by atoms with Crippen molar-refractivity contribution in [1.82, 2.24) is 35.2 Å². The summed E-state index contributed by atoms with van der Waals surface area (Å²) < 4.78 is 33.0. The third-order valence-corrected chi connectivity index (χ3v) is 15.9. The fraction of sp³-hybridized carbons (Fsp3) is 0.620. The average molecular weight is 924 g/mol. The summed E-state index contributed by atoms with van der Waals surface area (Å²) in [5.41, 5.74) is 8.55. The van der Waals surface area contributed by atoms with E-state index in [1.54, 1.807) is 12.1 Å². The van der Waals surface area contributed by atoms with Crippen molar-refractivity contribution in [1.29, 1.82) is 0 Å². The number of methoxy groups -OCH3 is 1. The normalized spacial score (nSPS) is 28.8. The number of benzene rings is 1. The van der Waals surface area contributed by atoms with Crippen LogP contribution in [0.25, 0.3) is 33.4 Å². The highest BCUT2D eigenvalue weighted by Gasteiger charge is 2.61. The van der Waals surface area contributed by atoms with Gasteiger partial charge in [-0.3, -0.25) is 29.3 Å². The van der Waals surface area contributed by atoms with Crippen LogP contribution in [0.3, 0.4) is 0 Å². The maximum atomic E-state index is 15.1. The molecular weight excluding hydrogens is 859 g/mol.